The normalized spacial score (nSPS) is 15.3. The Bertz CT molecular complexity index is 666. The summed E-state index contributed by atoms with van der Waals surface area (Å²) in [6.07, 6.45) is 3.76. The van der Waals surface area contributed by atoms with E-state index in [0.717, 1.165) is 37.8 Å². The van der Waals surface area contributed by atoms with Crippen LogP contribution in [0.15, 0.2) is 22.6 Å². The molecule has 2 aromatic rings. The van der Waals surface area contributed by atoms with Crippen molar-refractivity contribution in [1.82, 2.24) is 10.2 Å². The highest BCUT2D eigenvalue weighted by Crippen LogP contribution is 2.27. The minimum absolute atomic E-state index is 0.00901. The van der Waals surface area contributed by atoms with Gasteiger partial charge in [-0.1, -0.05) is 17.9 Å². The molecule has 1 heterocycles. The second-order valence-corrected chi connectivity index (χ2v) is 5.01. The molecule has 110 valence electrons. The first-order valence-corrected chi connectivity index (χ1v) is 6.73. The Morgan fingerprint density at radius 1 is 1.24 bits per heavy atom. The van der Waals surface area contributed by atoms with Gasteiger partial charge in [0.25, 0.3) is 5.89 Å². The number of nitrogens with zero attached hydrogens (tertiary/aromatic N) is 2. The van der Waals surface area contributed by atoms with Crippen LogP contribution in [-0.2, 0) is 4.79 Å². The molecule has 0 radical (unpaired) electrons. The summed E-state index contributed by atoms with van der Waals surface area (Å²) in [7, 11) is 0. The van der Waals surface area contributed by atoms with Crippen LogP contribution in [0.1, 0.15) is 25.7 Å². The number of carbonyl (C=O) groups is 1. The average molecular weight is 293 g/mol. The highest BCUT2D eigenvalue weighted by atomic mass is 19.1. The number of hydrogen-bond donors (Lipinski definition) is 1. The van der Waals surface area contributed by atoms with E-state index in [1.165, 1.54) is 6.07 Å². The highest BCUT2D eigenvalue weighted by molar-refractivity contribution is 5.90. The van der Waals surface area contributed by atoms with Crippen molar-refractivity contribution in [2.75, 3.05) is 5.32 Å². The zero-order valence-electron chi connectivity index (χ0n) is 11.1. The van der Waals surface area contributed by atoms with Crippen molar-refractivity contribution in [3.05, 3.63) is 29.8 Å². The fraction of sp³-hybridized carbons (Fsp3) is 0.357. The first-order chi connectivity index (χ1) is 10.1. The molecule has 1 N–H and O–H groups in total. The number of halogens is 2. The fourth-order valence-corrected chi connectivity index (χ4v) is 2.44. The van der Waals surface area contributed by atoms with E-state index in [1.54, 1.807) is 0 Å². The van der Waals surface area contributed by atoms with Gasteiger partial charge in [-0.05, 0) is 25.0 Å². The lowest BCUT2D eigenvalue weighted by Crippen LogP contribution is -2.20. The van der Waals surface area contributed by atoms with Gasteiger partial charge in [0.05, 0.1) is 5.56 Å². The third-order valence-electron chi connectivity index (χ3n) is 3.54. The zero-order chi connectivity index (χ0) is 14.8. The lowest BCUT2D eigenvalue weighted by Gasteiger charge is -2.06. The largest absolute Gasteiger partial charge is 0.403 e. The van der Waals surface area contributed by atoms with Crippen molar-refractivity contribution >= 4 is 11.9 Å². The third-order valence-corrected chi connectivity index (χ3v) is 3.54. The zero-order valence-corrected chi connectivity index (χ0v) is 11.1. The number of benzene rings is 1. The minimum atomic E-state index is -0.799. The summed E-state index contributed by atoms with van der Waals surface area (Å²) in [6.45, 7) is 0. The Labute approximate surface area is 119 Å². The molecule has 21 heavy (non-hydrogen) atoms. The summed E-state index contributed by atoms with van der Waals surface area (Å²) in [5.74, 6) is -1.79. The van der Waals surface area contributed by atoms with Crippen LogP contribution in [0, 0.1) is 17.6 Å². The van der Waals surface area contributed by atoms with Crippen LogP contribution < -0.4 is 5.32 Å². The number of amides is 1. The molecular formula is C14H13F2N3O2. The number of nitrogens with one attached hydrogen (secondary N) is 1. The van der Waals surface area contributed by atoms with Gasteiger partial charge in [-0.15, -0.1) is 5.10 Å². The average Bonchev–Trinajstić information content (AvgIpc) is 3.09. The number of hydrogen-bond acceptors (Lipinski definition) is 4. The molecule has 1 saturated carbocycles. The van der Waals surface area contributed by atoms with Crippen molar-refractivity contribution in [1.29, 1.82) is 0 Å². The van der Waals surface area contributed by atoms with Gasteiger partial charge in [0.15, 0.2) is 0 Å². The van der Waals surface area contributed by atoms with Crippen molar-refractivity contribution in [3.63, 3.8) is 0 Å². The molecule has 0 atom stereocenters. The van der Waals surface area contributed by atoms with Gasteiger partial charge in [0, 0.05) is 12.0 Å². The number of aromatic nitrogens is 2. The summed E-state index contributed by atoms with van der Waals surface area (Å²) in [5, 5.41) is 9.85. The van der Waals surface area contributed by atoms with Crippen LogP contribution in [0.5, 0.6) is 0 Å². The smallest absolute Gasteiger partial charge is 0.322 e. The lowest BCUT2D eigenvalue weighted by atomic mass is 10.1. The van der Waals surface area contributed by atoms with E-state index in [9.17, 15) is 13.6 Å². The minimum Gasteiger partial charge on any atom is -0.403 e. The number of anilines is 1. The van der Waals surface area contributed by atoms with Crippen LogP contribution in [-0.4, -0.2) is 16.1 Å². The molecule has 0 unspecified atom stereocenters. The topological polar surface area (TPSA) is 68.0 Å². The Balaban J connectivity index is 1.75. The molecule has 1 aromatic heterocycles. The molecule has 0 aliphatic heterocycles. The molecule has 0 saturated heterocycles. The SMILES string of the molecule is O=C(Nc1nnc(-c2ccc(F)cc2F)o1)C1CCCC1. The summed E-state index contributed by atoms with van der Waals surface area (Å²) in [6, 6.07) is 2.96. The van der Waals surface area contributed by atoms with E-state index in [-0.39, 0.29) is 29.3 Å². The van der Waals surface area contributed by atoms with E-state index < -0.39 is 11.6 Å². The highest BCUT2D eigenvalue weighted by Gasteiger charge is 2.24. The summed E-state index contributed by atoms with van der Waals surface area (Å²) >= 11 is 0. The first kappa shape index (κ1) is 13.7. The molecule has 7 heteroatoms. The number of carbonyl (C=O) groups excluding carboxylic acids is 1. The molecule has 0 spiro atoms. The van der Waals surface area contributed by atoms with Gasteiger partial charge >= 0.3 is 6.01 Å². The monoisotopic (exact) mass is 293 g/mol. The van der Waals surface area contributed by atoms with E-state index in [4.69, 9.17) is 4.42 Å². The van der Waals surface area contributed by atoms with Crippen LogP contribution in [0.2, 0.25) is 0 Å². The molecular weight excluding hydrogens is 280 g/mol. The third kappa shape index (κ3) is 2.91. The van der Waals surface area contributed by atoms with Gasteiger partial charge in [-0.2, -0.15) is 0 Å². The van der Waals surface area contributed by atoms with Crippen LogP contribution in [0.3, 0.4) is 0 Å². The quantitative estimate of drug-likeness (QED) is 0.944. The van der Waals surface area contributed by atoms with Gasteiger partial charge in [0.1, 0.15) is 11.6 Å². The maximum absolute atomic E-state index is 13.6. The maximum atomic E-state index is 13.6. The standard InChI is InChI=1S/C14H13F2N3O2/c15-9-5-6-10(11(16)7-9)13-18-19-14(21-13)17-12(20)8-3-1-2-4-8/h5-8H,1-4H2,(H,17,19,20). The molecule has 1 amide bonds. The second kappa shape index (κ2) is 5.59. The van der Waals surface area contributed by atoms with Gasteiger partial charge < -0.3 is 4.42 Å². The van der Waals surface area contributed by atoms with Gasteiger partial charge in [-0.3, -0.25) is 10.1 Å². The maximum Gasteiger partial charge on any atom is 0.322 e. The van der Waals surface area contributed by atoms with Crippen molar-refractivity contribution < 1.29 is 18.0 Å². The molecule has 1 aliphatic rings. The Morgan fingerprint density at radius 2 is 2.00 bits per heavy atom. The van der Waals surface area contributed by atoms with Crippen LogP contribution >= 0.6 is 0 Å². The molecule has 5 nitrogen and oxygen atoms in total. The number of rotatable bonds is 3. The fourth-order valence-electron chi connectivity index (χ4n) is 2.44. The Morgan fingerprint density at radius 3 is 2.71 bits per heavy atom. The predicted molar refractivity (Wildman–Crippen MR) is 70.2 cm³/mol. The van der Waals surface area contributed by atoms with E-state index in [0.29, 0.717) is 0 Å². The van der Waals surface area contributed by atoms with Crippen molar-refractivity contribution in [2.24, 2.45) is 5.92 Å². The van der Waals surface area contributed by atoms with Crippen molar-refractivity contribution in [3.8, 4) is 11.5 Å². The van der Waals surface area contributed by atoms with Gasteiger partial charge in [0.2, 0.25) is 5.91 Å². The molecule has 3 rings (SSSR count). The van der Waals surface area contributed by atoms with E-state index >= 15 is 0 Å². The van der Waals surface area contributed by atoms with Crippen LogP contribution in [0.4, 0.5) is 14.8 Å². The summed E-state index contributed by atoms with van der Waals surface area (Å²) in [5.41, 5.74) is -0.00901. The summed E-state index contributed by atoms with van der Waals surface area (Å²) < 4.78 is 31.7. The molecule has 0 bridgehead atoms. The van der Waals surface area contributed by atoms with E-state index in [2.05, 4.69) is 15.5 Å². The lowest BCUT2D eigenvalue weighted by molar-refractivity contribution is -0.119. The summed E-state index contributed by atoms with van der Waals surface area (Å²) in [4.78, 5) is 11.9. The van der Waals surface area contributed by atoms with Gasteiger partial charge in [-0.25, -0.2) is 8.78 Å². The second-order valence-electron chi connectivity index (χ2n) is 5.01. The molecule has 1 fully saturated rings. The Kier molecular flexibility index (Phi) is 3.64. The van der Waals surface area contributed by atoms with E-state index in [1.807, 2.05) is 0 Å². The predicted octanol–water partition coefficient (Wildman–Crippen LogP) is 3.14. The first-order valence-electron chi connectivity index (χ1n) is 6.73. The van der Waals surface area contributed by atoms with Crippen LogP contribution in [0.25, 0.3) is 11.5 Å². The molecule has 1 aromatic carbocycles. The Hall–Kier alpha value is -2.31. The van der Waals surface area contributed by atoms with Crippen molar-refractivity contribution in [2.45, 2.75) is 25.7 Å². The molecule has 1 aliphatic carbocycles.